The van der Waals surface area contributed by atoms with Crippen LogP contribution in [0, 0.1) is 5.82 Å². The van der Waals surface area contributed by atoms with Crippen molar-refractivity contribution in [1.82, 2.24) is 9.97 Å². The van der Waals surface area contributed by atoms with Crippen LogP contribution in [0.4, 0.5) is 26.2 Å². The second-order valence-corrected chi connectivity index (χ2v) is 7.30. The highest BCUT2D eigenvalue weighted by molar-refractivity contribution is 7.92. The molecular weight excluding hydrogens is 405 g/mol. The summed E-state index contributed by atoms with van der Waals surface area (Å²) in [4.78, 5) is 38.1. The number of hydrogen-bond acceptors (Lipinski definition) is 5. The number of urea groups is 1. The lowest BCUT2D eigenvalue weighted by molar-refractivity contribution is 0.262. The van der Waals surface area contributed by atoms with E-state index in [0.29, 0.717) is 0 Å². The fourth-order valence-corrected chi connectivity index (χ4v) is 3.40. The minimum Gasteiger partial charge on any atom is -0.313 e. The predicted octanol–water partition coefficient (Wildman–Crippen LogP) is 1.65. The smallest absolute Gasteiger partial charge is 0.313 e. The van der Waals surface area contributed by atoms with Gasteiger partial charge in [-0.1, -0.05) is 24.3 Å². The summed E-state index contributed by atoms with van der Waals surface area (Å²) < 4.78 is 40.8. The lowest BCUT2D eigenvalue weighted by Crippen LogP contribution is -2.29. The standard InChI is InChI=1S/C17H14FN5O5S/c18-10-5-1-2-6-11(10)20-17(26)21-12-7-3-4-8-13(12)23-29(27,28)14-9-19-16(25)22-15(14)24/h1-9,23H,(H2,20,21,26)(H2,19,22,24,25). The number of carbonyl (C=O) groups is 1. The molecule has 29 heavy (non-hydrogen) atoms. The number of rotatable bonds is 5. The fraction of sp³-hybridized carbons (Fsp3) is 0. The van der Waals surface area contributed by atoms with Gasteiger partial charge >= 0.3 is 11.7 Å². The summed E-state index contributed by atoms with van der Waals surface area (Å²) >= 11 is 0. The first-order chi connectivity index (χ1) is 13.8. The van der Waals surface area contributed by atoms with Gasteiger partial charge in [0.2, 0.25) is 0 Å². The first-order valence-corrected chi connectivity index (χ1v) is 9.51. The highest BCUT2D eigenvalue weighted by atomic mass is 32.2. The lowest BCUT2D eigenvalue weighted by Gasteiger charge is -2.14. The molecule has 0 spiro atoms. The summed E-state index contributed by atoms with van der Waals surface area (Å²) in [6.45, 7) is 0. The van der Waals surface area contributed by atoms with E-state index in [2.05, 4.69) is 20.3 Å². The SMILES string of the molecule is O=C(Nc1ccccc1F)Nc1ccccc1NS(=O)(=O)c1c[nH]c(=O)[nH]c1=O. The molecule has 0 fully saturated rings. The van der Waals surface area contributed by atoms with Crippen molar-refractivity contribution in [3.8, 4) is 0 Å². The summed E-state index contributed by atoms with van der Waals surface area (Å²) in [5.41, 5.74) is -2.04. The Morgan fingerprint density at radius 1 is 0.897 bits per heavy atom. The molecule has 150 valence electrons. The number of para-hydroxylation sites is 3. The van der Waals surface area contributed by atoms with Crippen LogP contribution >= 0.6 is 0 Å². The van der Waals surface area contributed by atoms with Crippen molar-refractivity contribution in [1.29, 1.82) is 0 Å². The fourth-order valence-electron chi connectivity index (χ4n) is 2.32. The quantitative estimate of drug-likeness (QED) is 0.426. The normalized spacial score (nSPS) is 10.9. The minimum absolute atomic E-state index is 0.0470. The van der Waals surface area contributed by atoms with Crippen molar-refractivity contribution in [2.75, 3.05) is 15.4 Å². The van der Waals surface area contributed by atoms with Crippen LogP contribution in [0.25, 0.3) is 0 Å². The topological polar surface area (TPSA) is 153 Å². The van der Waals surface area contributed by atoms with Gasteiger partial charge in [-0.05, 0) is 24.3 Å². The summed E-state index contributed by atoms with van der Waals surface area (Å²) in [6, 6.07) is 10.5. The average molecular weight is 419 g/mol. The molecule has 0 saturated heterocycles. The molecule has 12 heteroatoms. The van der Waals surface area contributed by atoms with E-state index in [1.54, 1.807) is 0 Å². The Balaban J connectivity index is 1.83. The molecule has 0 aliphatic rings. The Morgan fingerprint density at radius 3 is 2.14 bits per heavy atom. The highest BCUT2D eigenvalue weighted by Gasteiger charge is 2.20. The van der Waals surface area contributed by atoms with E-state index in [1.807, 2.05) is 4.98 Å². The van der Waals surface area contributed by atoms with Crippen LogP contribution in [-0.4, -0.2) is 24.4 Å². The van der Waals surface area contributed by atoms with Crippen LogP contribution < -0.4 is 26.6 Å². The predicted molar refractivity (Wildman–Crippen MR) is 104 cm³/mol. The third-order valence-electron chi connectivity index (χ3n) is 3.62. The Morgan fingerprint density at radius 2 is 1.48 bits per heavy atom. The first-order valence-electron chi connectivity index (χ1n) is 8.02. The van der Waals surface area contributed by atoms with Crippen molar-refractivity contribution in [2.45, 2.75) is 4.90 Å². The number of aromatic nitrogens is 2. The Hall–Kier alpha value is -3.93. The van der Waals surface area contributed by atoms with Gasteiger partial charge in [0.05, 0.1) is 17.1 Å². The van der Waals surface area contributed by atoms with E-state index in [0.717, 1.165) is 6.20 Å². The largest absolute Gasteiger partial charge is 0.325 e. The van der Waals surface area contributed by atoms with Crippen molar-refractivity contribution in [2.24, 2.45) is 0 Å². The number of benzene rings is 2. The molecule has 0 radical (unpaired) electrons. The summed E-state index contributed by atoms with van der Waals surface area (Å²) in [5.74, 6) is -0.645. The maximum atomic E-state index is 13.7. The molecule has 2 aromatic carbocycles. The summed E-state index contributed by atoms with van der Waals surface area (Å²) in [6.07, 6.45) is 0.754. The molecular formula is C17H14FN5O5S. The van der Waals surface area contributed by atoms with Crippen molar-refractivity contribution in [3.63, 3.8) is 0 Å². The monoisotopic (exact) mass is 419 g/mol. The molecule has 3 rings (SSSR count). The number of nitrogens with one attached hydrogen (secondary N) is 5. The minimum atomic E-state index is -4.38. The van der Waals surface area contributed by atoms with Crippen LogP contribution in [0.3, 0.4) is 0 Å². The van der Waals surface area contributed by atoms with E-state index in [9.17, 15) is 27.2 Å². The van der Waals surface area contributed by atoms with E-state index in [4.69, 9.17) is 0 Å². The van der Waals surface area contributed by atoms with Gasteiger partial charge in [-0.15, -0.1) is 0 Å². The van der Waals surface area contributed by atoms with Crippen LogP contribution in [0.1, 0.15) is 0 Å². The Labute approximate surface area is 162 Å². The van der Waals surface area contributed by atoms with Gasteiger partial charge in [0, 0.05) is 6.20 Å². The Kier molecular flexibility index (Phi) is 5.45. The van der Waals surface area contributed by atoms with Crippen molar-refractivity contribution in [3.05, 3.63) is 81.4 Å². The zero-order chi connectivity index (χ0) is 21.0. The van der Waals surface area contributed by atoms with Gasteiger partial charge in [0.15, 0.2) is 4.90 Å². The molecule has 5 N–H and O–H groups in total. The van der Waals surface area contributed by atoms with Crippen LogP contribution in [0.5, 0.6) is 0 Å². The van der Waals surface area contributed by atoms with Crippen molar-refractivity contribution >= 4 is 33.1 Å². The molecule has 0 saturated carbocycles. The second-order valence-electron chi connectivity index (χ2n) is 5.65. The second kappa shape index (κ2) is 7.98. The average Bonchev–Trinajstić information content (AvgIpc) is 2.64. The van der Waals surface area contributed by atoms with Gasteiger partial charge in [0.25, 0.3) is 15.6 Å². The molecule has 0 atom stereocenters. The maximum Gasteiger partial charge on any atom is 0.325 e. The maximum absolute atomic E-state index is 13.7. The van der Waals surface area contributed by atoms with Crippen LogP contribution in [-0.2, 0) is 10.0 Å². The van der Waals surface area contributed by atoms with Gasteiger partial charge < -0.3 is 15.6 Å². The number of hydrogen-bond donors (Lipinski definition) is 5. The van der Waals surface area contributed by atoms with E-state index >= 15 is 0 Å². The third kappa shape index (κ3) is 4.68. The van der Waals surface area contributed by atoms with Gasteiger partial charge in [-0.25, -0.2) is 22.4 Å². The molecule has 0 bridgehead atoms. The van der Waals surface area contributed by atoms with Crippen molar-refractivity contribution < 1.29 is 17.6 Å². The summed E-state index contributed by atoms with van der Waals surface area (Å²) in [5, 5.41) is 4.70. The summed E-state index contributed by atoms with van der Waals surface area (Å²) in [7, 11) is -4.38. The number of H-pyrrole nitrogens is 2. The van der Waals surface area contributed by atoms with E-state index in [-0.39, 0.29) is 17.1 Å². The number of anilines is 3. The number of halogens is 1. The Bertz CT molecular complexity index is 1290. The number of sulfonamides is 1. The first kappa shape index (κ1) is 19.8. The van der Waals surface area contributed by atoms with Gasteiger partial charge in [-0.2, -0.15) is 0 Å². The molecule has 1 heterocycles. The molecule has 0 unspecified atom stereocenters. The van der Waals surface area contributed by atoms with Crippen LogP contribution in [0.15, 0.2) is 69.2 Å². The zero-order valence-corrected chi connectivity index (χ0v) is 15.3. The van der Waals surface area contributed by atoms with E-state index in [1.165, 1.54) is 48.5 Å². The molecule has 1 aromatic heterocycles. The van der Waals surface area contributed by atoms with Crippen LogP contribution in [0.2, 0.25) is 0 Å². The number of amides is 2. The van der Waals surface area contributed by atoms with Gasteiger partial charge in [0.1, 0.15) is 5.82 Å². The molecule has 0 aliphatic heterocycles. The number of aromatic amines is 2. The molecule has 3 aromatic rings. The third-order valence-corrected chi connectivity index (χ3v) is 4.99. The lowest BCUT2D eigenvalue weighted by atomic mass is 10.3. The van der Waals surface area contributed by atoms with Gasteiger partial charge in [-0.3, -0.25) is 14.5 Å². The highest BCUT2D eigenvalue weighted by Crippen LogP contribution is 2.24. The molecule has 0 aliphatic carbocycles. The van der Waals surface area contributed by atoms with E-state index < -0.39 is 38.0 Å². The zero-order valence-electron chi connectivity index (χ0n) is 14.5. The molecule has 2 amide bonds. The molecule has 10 nitrogen and oxygen atoms in total. The number of carbonyl (C=O) groups excluding carboxylic acids is 1.